The van der Waals surface area contributed by atoms with E-state index in [1.54, 1.807) is 0 Å². The summed E-state index contributed by atoms with van der Waals surface area (Å²) in [4.78, 5) is 10.8. The average molecular weight is 1020 g/mol. The molecule has 64 heavy (non-hydrogen) atoms. The Bertz CT molecular complexity index is 2980. The summed E-state index contributed by atoms with van der Waals surface area (Å²) in [5, 5.41) is 15.1. The molecule has 324 valence electrons. The first kappa shape index (κ1) is 43.2. The van der Waals surface area contributed by atoms with Gasteiger partial charge >= 0.3 is 21.1 Å². The van der Waals surface area contributed by atoms with Crippen molar-refractivity contribution in [1.29, 1.82) is 0 Å². The maximum absolute atomic E-state index is 5.41. The molecule has 10 aromatic rings. The molecule has 0 aliphatic rings. The number of aryl methyl sites for hydroxylation is 2. The molecule has 0 unspecified atom stereocenters. The molecule has 0 amide bonds. The summed E-state index contributed by atoms with van der Waals surface area (Å²) >= 11 is 0. The summed E-state index contributed by atoms with van der Waals surface area (Å²) in [6, 6.07) is 46.9. The number of rotatable bonds is 10. The van der Waals surface area contributed by atoms with Crippen LogP contribution in [0.2, 0.25) is 0 Å². The molecular weight excluding hydrogens is 968 g/mol. The summed E-state index contributed by atoms with van der Waals surface area (Å²) < 4.78 is 8.07. The van der Waals surface area contributed by atoms with Crippen LogP contribution in [-0.4, -0.2) is 38.7 Å². The van der Waals surface area contributed by atoms with Crippen LogP contribution in [-0.2, 0) is 39.3 Å². The van der Waals surface area contributed by atoms with Crippen molar-refractivity contribution in [2.45, 2.75) is 86.5 Å². The molecule has 6 heterocycles. The van der Waals surface area contributed by atoms with Crippen LogP contribution in [0.5, 0.6) is 0 Å². The maximum Gasteiger partial charge on any atom is 2.00 e. The van der Waals surface area contributed by atoms with Crippen LogP contribution in [0, 0.1) is 23.2 Å². The van der Waals surface area contributed by atoms with E-state index in [1.807, 2.05) is 21.5 Å². The van der Waals surface area contributed by atoms with Gasteiger partial charge in [0.25, 0.3) is 0 Å². The molecule has 0 atom stereocenters. The van der Waals surface area contributed by atoms with Crippen molar-refractivity contribution in [2.24, 2.45) is 10.8 Å². The molecule has 8 nitrogen and oxygen atoms in total. The van der Waals surface area contributed by atoms with Crippen LogP contribution < -0.4 is 0 Å². The number of hydrogen-bond donors (Lipinski definition) is 0. The molecule has 0 aliphatic heterocycles. The third kappa shape index (κ3) is 8.13. The Hall–Kier alpha value is -6.11. The Labute approximate surface area is 390 Å². The molecule has 4 aromatic carbocycles. The number of aromatic nitrogens is 8. The Morgan fingerprint density at radius 3 is 1.09 bits per heavy atom. The molecule has 0 radical (unpaired) electrons. The van der Waals surface area contributed by atoms with Gasteiger partial charge in [0.2, 0.25) is 0 Å². The number of para-hydroxylation sites is 4. The first-order valence-corrected chi connectivity index (χ1v) is 22.2. The molecule has 0 bridgehead atoms. The molecular formula is C55H54N8Pt. The standard InChI is InChI=1S/C55H54N8.Pt/c1-53(2,3)29-25-37-33-47(56-51(35-37)60-31-27-49(58-60)62-43-21-13-9-17-39(43)40-18-10-14-22-44(40)62)55(7,8)48-34-38(26-30-54(4,5)6)36-52(57-48)61-32-28-50(59-61)63-45-23-15-11-19-41(45)42-20-12-16-24-46(42)63;/h9-24,27-28,33-36H,25-26,29-30H2,1-8H3;/q-2;+2. The van der Waals surface area contributed by atoms with Gasteiger partial charge < -0.3 is 18.5 Å². The van der Waals surface area contributed by atoms with Gasteiger partial charge in [-0.3, -0.25) is 9.97 Å². The molecule has 0 spiro atoms. The van der Waals surface area contributed by atoms with Gasteiger partial charge in [-0.05, 0) is 86.8 Å². The van der Waals surface area contributed by atoms with Crippen molar-refractivity contribution in [3.63, 3.8) is 0 Å². The molecule has 0 fully saturated rings. The zero-order chi connectivity index (χ0) is 43.7. The molecule has 6 aromatic heterocycles. The van der Waals surface area contributed by atoms with E-state index in [0.29, 0.717) is 0 Å². The number of nitrogens with zero attached hydrogens (tertiary/aromatic N) is 8. The molecule has 0 saturated heterocycles. The summed E-state index contributed by atoms with van der Waals surface area (Å²) in [7, 11) is 0. The number of hydrogen-bond acceptors (Lipinski definition) is 4. The van der Waals surface area contributed by atoms with E-state index in [4.69, 9.17) is 20.2 Å². The van der Waals surface area contributed by atoms with E-state index in [9.17, 15) is 0 Å². The zero-order valence-electron chi connectivity index (χ0n) is 37.9. The van der Waals surface area contributed by atoms with Crippen LogP contribution in [0.1, 0.15) is 90.7 Å². The first-order chi connectivity index (χ1) is 30.2. The summed E-state index contributed by atoms with van der Waals surface area (Å²) in [6.45, 7) is 18.3. The van der Waals surface area contributed by atoms with Crippen LogP contribution in [0.15, 0.2) is 133 Å². The number of fused-ring (bicyclic) bond motifs is 6. The number of pyridine rings is 2. The topological polar surface area (TPSA) is 71.3 Å². The van der Waals surface area contributed by atoms with Crippen LogP contribution in [0.4, 0.5) is 0 Å². The minimum absolute atomic E-state index is 0. The average Bonchev–Trinajstić information content (AvgIpc) is 4.08. The van der Waals surface area contributed by atoms with E-state index < -0.39 is 5.41 Å². The van der Waals surface area contributed by atoms with E-state index in [0.717, 1.165) is 82.4 Å². The molecule has 10 rings (SSSR count). The minimum atomic E-state index is -0.593. The van der Waals surface area contributed by atoms with Gasteiger partial charge in [-0.15, -0.1) is 12.1 Å². The Morgan fingerprint density at radius 2 is 0.766 bits per heavy atom. The zero-order valence-corrected chi connectivity index (χ0v) is 40.2. The van der Waals surface area contributed by atoms with Gasteiger partial charge in [-0.1, -0.05) is 150 Å². The number of benzene rings is 4. The van der Waals surface area contributed by atoms with Gasteiger partial charge in [-0.2, -0.15) is 0 Å². The molecule has 0 N–H and O–H groups in total. The predicted molar refractivity (Wildman–Crippen MR) is 257 cm³/mol. The van der Waals surface area contributed by atoms with E-state index in [2.05, 4.69) is 198 Å². The quantitative estimate of drug-likeness (QED) is 0.128. The third-order valence-electron chi connectivity index (χ3n) is 12.4. The molecule has 0 aliphatic carbocycles. The smallest absolute Gasteiger partial charge is 0.346 e. The van der Waals surface area contributed by atoms with E-state index >= 15 is 0 Å². The summed E-state index contributed by atoms with van der Waals surface area (Å²) in [5.41, 5.74) is 8.43. The fraction of sp³-hybridized carbons (Fsp3) is 0.273. The monoisotopic (exact) mass is 1020 g/mol. The molecule has 0 saturated carbocycles. The van der Waals surface area contributed by atoms with E-state index in [-0.39, 0.29) is 31.9 Å². The Kier molecular flexibility index (Phi) is 11.1. The first-order valence-electron chi connectivity index (χ1n) is 22.2. The van der Waals surface area contributed by atoms with Crippen LogP contribution in [0.25, 0.3) is 66.9 Å². The third-order valence-corrected chi connectivity index (χ3v) is 12.4. The fourth-order valence-corrected chi connectivity index (χ4v) is 8.81. The summed E-state index contributed by atoms with van der Waals surface area (Å²) in [5.74, 6) is 3.06. The normalized spacial score (nSPS) is 12.5. The van der Waals surface area contributed by atoms with Crippen molar-refractivity contribution in [1.82, 2.24) is 38.7 Å². The van der Waals surface area contributed by atoms with Crippen molar-refractivity contribution in [3.8, 4) is 23.3 Å². The Balaban J connectivity index is 0.00000518. The second kappa shape index (κ2) is 16.5. The van der Waals surface area contributed by atoms with Crippen LogP contribution in [0.3, 0.4) is 0 Å². The fourth-order valence-electron chi connectivity index (χ4n) is 8.81. The van der Waals surface area contributed by atoms with Crippen molar-refractivity contribution >= 4 is 43.6 Å². The molecule has 9 heteroatoms. The van der Waals surface area contributed by atoms with Crippen LogP contribution >= 0.6 is 0 Å². The van der Waals surface area contributed by atoms with Crippen molar-refractivity contribution in [3.05, 3.63) is 168 Å². The second-order valence-electron chi connectivity index (χ2n) is 20.0. The second-order valence-corrected chi connectivity index (χ2v) is 20.0. The Morgan fingerprint density at radius 1 is 0.438 bits per heavy atom. The summed E-state index contributed by atoms with van der Waals surface area (Å²) in [6.07, 6.45) is 10.8. The van der Waals surface area contributed by atoms with Crippen molar-refractivity contribution < 1.29 is 21.1 Å². The van der Waals surface area contributed by atoms with Gasteiger partial charge in [-0.25, -0.2) is 10.2 Å². The van der Waals surface area contributed by atoms with E-state index in [1.165, 1.54) is 32.7 Å². The maximum atomic E-state index is 5.41. The van der Waals surface area contributed by atoms with Gasteiger partial charge in [0.05, 0.1) is 23.3 Å². The van der Waals surface area contributed by atoms with Gasteiger partial charge in [0.15, 0.2) is 0 Å². The SMILES string of the molecule is CC(C)(C)CCc1cc(-n2[c-]cc(-n3c4ccccc4c4ccccc43)n2)nc(C(C)(C)c2cc(CCC(C)(C)C)cc(-n3[c-]cc(-n4c5ccccc5c5ccccc54)n3)n2)c1.[Pt+2]. The largest absolute Gasteiger partial charge is 2.00 e. The minimum Gasteiger partial charge on any atom is -0.346 e. The van der Waals surface area contributed by atoms with Gasteiger partial charge in [0.1, 0.15) is 0 Å². The van der Waals surface area contributed by atoms with Gasteiger partial charge in [0, 0.05) is 60.4 Å². The predicted octanol–water partition coefficient (Wildman–Crippen LogP) is 12.9. The van der Waals surface area contributed by atoms with Crippen molar-refractivity contribution in [2.75, 3.05) is 0 Å².